The number of likely N-dealkylation sites (tertiary alicyclic amines) is 1. The van der Waals surface area contributed by atoms with Gasteiger partial charge in [0.15, 0.2) is 0 Å². The zero-order valence-electron chi connectivity index (χ0n) is 22.0. The molecule has 0 spiro atoms. The molecule has 1 atom stereocenters. The molecule has 1 amide bonds. The predicted molar refractivity (Wildman–Crippen MR) is 134 cm³/mol. The number of carbonyl (C=O) groups excluding carboxylic acids is 1. The molecule has 4 rings (SSSR count). The Morgan fingerprint density at radius 1 is 1.00 bits per heavy atom. The smallest absolute Gasteiger partial charge is 0.383 e. The molecular weight excluding hydrogens is 483 g/mol. The number of ether oxygens (including phenoxy) is 1. The van der Waals surface area contributed by atoms with Gasteiger partial charge in [-0.05, 0) is 51.3 Å². The maximum atomic E-state index is 13.2. The number of carbonyl (C=O) groups is 1. The summed E-state index contributed by atoms with van der Waals surface area (Å²) < 4.78 is 44.4. The molecule has 3 heterocycles. The number of alkyl halides is 3. The van der Waals surface area contributed by atoms with E-state index in [0.717, 1.165) is 56.7 Å². The molecule has 1 aromatic heterocycles. The zero-order valence-corrected chi connectivity index (χ0v) is 22.0. The molecule has 0 aliphatic carbocycles. The standard InChI is InChI=1S/C27H36F3N5O2/c1-19-24(20(2)32-18-31-19)25(36)34-11-9-26(3,10-12-34)35-15-13-33(14-16-35)23(17-37-4)21-5-7-22(8-6-21)27(28,29)30/h5-8,18,23H,9-17H2,1-4H3/t23-/m0/s1. The summed E-state index contributed by atoms with van der Waals surface area (Å²) in [6.45, 7) is 11.1. The first-order valence-corrected chi connectivity index (χ1v) is 12.8. The molecule has 7 nitrogen and oxygen atoms in total. The molecular formula is C27H36F3N5O2. The van der Waals surface area contributed by atoms with Crippen LogP contribution >= 0.6 is 0 Å². The SMILES string of the molecule is COC[C@@H](c1ccc(C(F)(F)F)cc1)N1CCN(C2(C)CCN(C(=O)c3c(C)ncnc3C)CC2)CC1. The van der Waals surface area contributed by atoms with Gasteiger partial charge in [0.2, 0.25) is 0 Å². The zero-order chi connectivity index (χ0) is 26.8. The van der Waals surface area contributed by atoms with E-state index in [0.29, 0.717) is 36.6 Å². The van der Waals surface area contributed by atoms with Crippen LogP contribution in [0.15, 0.2) is 30.6 Å². The number of rotatable bonds is 6. The highest BCUT2D eigenvalue weighted by Gasteiger charge is 2.39. The van der Waals surface area contributed by atoms with Gasteiger partial charge in [-0.3, -0.25) is 14.6 Å². The second kappa shape index (κ2) is 11.0. The summed E-state index contributed by atoms with van der Waals surface area (Å²) in [5.41, 5.74) is 2.20. The second-order valence-corrected chi connectivity index (χ2v) is 10.3. The van der Waals surface area contributed by atoms with Crippen molar-refractivity contribution >= 4 is 5.91 Å². The number of aryl methyl sites for hydroxylation is 2. The number of benzene rings is 1. The molecule has 0 N–H and O–H groups in total. The highest BCUT2D eigenvalue weighted by atomic mass is 19.4. The van der Waals surface area contributed by atoms with Crippen LogP contribution in [0.1, 0.15) is 58.7 Å². The molecule has 0 saturated carbocycles. The van der Waals surface area contributed by atoms with Crippen LogP contribution in [0.3, 0.4) is 0 Å². The molecule has 0 unspecified atom stereocenters. The highest BCUT2D eigenvalue weighted by molar-refractivity contribution is 5.96. The Morgan fingerprint density at radius 2 is 1.57 bits per heavy atom. The van der Waals surface area contributed by atoms with E-state index < -0.39 is 11.7 Å². The molecule has 202 valence electrons. The Morgan fingerprint density at radius 3 is 2.08 bits per heavy atom. The fraction of sp³-hybridized carbons (Fsp3) is 0.593. The number of piperidine rings is 1. The molecule has 2 aliphatic heterocycles. The molecule has 2 aliphatic rings. The maximum Gasteiger partial charge on any atom is 0.416 e. The largest absolute Gasteiger partial charge is 0.416 e. The summed E-state index contributed by atoms with van der Waals surface area (Å²) in [6.07, 6.45) is -1.10. The minimum atomic E-state index is -4.34. The predicted octanol–water partition coefficient (Wildman–Crippen LogP) is 4.11. The summed E-state index contributed by atoms with van der Waals surface area (Å²) in [7, 11) is 1.62. The summed E-state index contributed by atoms with van der Waals surface area (Å²) >= 11 is 0. The van der Waals surface area contributed by atoms with Crippen LogP contribution in [-0.2, 0) is 10.9 Å². The van der Waals surface area contributed by atoms with Crippen LogP contribution in [0.2, 0.25) is 0 Å². The summed E-state index contributed by atoms with van der Waals surface area (Å²) in [6, 6.07) is 5.33. The maximum absolute atomic E-state index is 13.2. The second-order valence-electron chi connectivity index (χ2n) is 10.3. The molecule has 2 fully saturated rings. The van der Waals surface area contributed by atoms with Crippen LogP contribution in [0.5, 0.6) is 0 Å². The van der Waals surface area contributed by atoms with Crippen molar-refractivity contribution in [2.75, 3.05) is 53.0 Å². The van der Waals surface area contributed by atoms with E-state index in [1.54, 1.807) is 19.2 Å². The van der Waals surface area contributed by atoms with Gasteiger partial charge >= 0.3 is 6.18 Å². The minimum absolute atomic E-state index is 0.00131. The number of hydrogen-bond acceptors (Lipinski definition) is 6. The van der Waals surface area contributed by atoms with Gasteiger partial charge in [-0.15, -0.1) is 0 Å². The highest BCUT2D eigenvalue weighted by Crippen LogP contribution is 2.34. The number of amides is 1. The van der Waals surface area contributed by atoms with Gasteiger partial charge in [0.25, 0.3) is 5.91 Å². The fourth-order valence-corrected chi connectivity index (χ4v) is 5.61. The van der Waals surface area contributed by atoms with Crippen LogP contribution in [0, 0.1) is 13.8 Å². The quantitative estimate of drug-likeness (QED) is 0.573. The molecule has 10 heteroatoms. The van der Waals surface area contributed by atoms with Crippen molar-refractivity contribution in [2.45, 2.75) is 51.4 Å². The van der Waals surface area contributed by atoms with Crippen LogP contribution in [0.4, 0.5) is 13.2 Å². The van der Waals surface area contributed by atoms with Crippen LogP contribution in [-0.4, -0.2) is 89.1 Å². The first-order valence-electron chi connectivity index (χ1n) is 12.8. The van der Waals surface area contributed by atoms with Crippen molar-refractivity contribution in [3.05, 3.63) is 58.7 Å². The molecule has 1 aromatic carbocycles. The lowest BCUT2D eigenvalue weighted by Crippen LogP contribution is -2.60. The minimum Gasteiger partial charge on any atom is -0.383 e. The van der Waals surface area contributed by atoms with Crippen LogP contribution in [0.25, 0.3) is 0 Å². The lowest BCUT2D eigenvalue weighted by molar-refractivity contribution is -0.137. The van der Waals surface area contributed by atoms with E-state index in [2.05, 4.69) is 26.7 Å². The lowest BCUT2D eigenvalue weighted by Gasteiger charge is -2.50. The Labute approximate surface area is 216 Å². The monoisotopic (exact) mass is 519 g/mol. The van der Waals surface area contributed by atoms with E-state index in [1.807, 2.05) is 18.7 Å². The molecule has 2 saturated heterocycles. The first-order chi connectivity index (χ1) is 17.5. The molecule has 0 radical (unpaired) electrons. The summed E-state index contributed by atoms with van der Waals surface area (Å²) in [5, 5.41) is 0. The normalized spacial score (nSPS) is 20.1. The van der Waals surface area contributed by atoms with Gasteiger partial charge in [0.05, 0.1) is 35.2 Å². The third-order valence-electron chi connectivity index (χ3n) is 8.03. The lowest BCUT2D eigenvalue weighted by atomic mass is 9.86. The van der Waals surface area contributed by atoms with Gasteiger partial charge in [-0.2, -0.15) is 13.2 Å². The Kier molecular flexibility index (Phi) is 8.20. The van der Waals surface area contributed by atoms with Gasteiger partial charge < -0.3 is 9.64 Å². The van der Waals surface area contributed by atoms with Gasteiger partial charge in [0.1, 0.15) is 6.33 Å². The third-order valence-corrected chi connectivity index (χ3v) is 8.03. The average molecular weight is 520 g/mol. The van der Waals surface area contributed by atoms with Crippen LogP contribution < -0.4 is 0 Å². The summed E-state index contributed by atoms with van der Waals surface area (Å²) in [4.78, 5) is 28.3. The number of methoxy groups -OCH3 is 1. The first kappa shape index (κ1) is 27.5. The van der Waals surface area contributed by atoms with Crippen molar-refractivity contribution < 1.29 is 22.7 Å². The number of nitrogens with zero attached hydrogens (tertiary/aromatic N) is 5. The van der Waals surface area contributed by atoms with Crippen molar-refractivity contribution in [1.82, 2.24) is 24.7 Å². The van der Waals surface area contributed by atoms with E-state index in [9.17, 15) is 18.0 Å². The number of aromatic nitrogens is 2. The fourth-order valence-electron chi connectivity index (χ4n) is 5.61. The van der Waals surface area contributed by atoms with Gasteiger partial charge in [-0.1, -0.05) is 12.1 Å². The van der Waals surface area contributed by atoms with Crippen molar-refractivity contribution in [2.24, 2.45) is 0 Å². The van der Waals surface area contributed by atoms with E-state index in [1.165, 1.54) is 6.33 Å². The van der Waals surface area contributed by atoms with Gasteiger partial charge in [-0.25, -0.2) is 9.97 Å². The Bertz CT molecular complexity index is 1060. The molecule has 2 aromatic rings. The molecule has 0 bridgehead atoms. The summed E-state index contributed by atoms with van der Waals surface area (Å²) in [5.74, 6) is 0.00131. The van der Waals surface area contributed by atoms with E-state index in [4.69, 9.17) is 4.74 Å². The average Bonchev–Trinajstić information content (AvgIpc) is 2.87. The topological polar surface area (TPSA) is 61.8 Å². The number of hydrogen-bond donors (Lipinski definition) is 0. The Balaban J connectivity index is 1.36. The Hall–Kier alpha value is -2.56. The van der Waals surface area contributed by atoms with Gasteiger partial charge in [0, 0.05) is 51.9 Å². The van der Waals surface area contributed by atoms with Crippen molar-refractivity contribution in [3.8, 4) is 0 Å². The van der Waals surface area contributed by atoms with E-state index >= 15 is 0 Å². The van der Waals surface area contributed by atoms with Crippen molar-refractivity contribution in [3.63, 3.8) is 0 Å². The number of halogens is 3. The van der Waals surface area contributed by atoms with Crippen molar-refractivity contribution in [1.29, 1.82) is 0 Å². The third kappa shape index (κ3) is 5.97. The molecule has 37 heavy (non-hydrogen) atoms. The van der Waals surface area contributed by atoms with E-state index in [-0.39, 0.29) is 17.5 Å². The number of piperazine rings is 1.